The monoisotopic (exact) mass is 919 g/mol. The second kappa shape index (κ2) is 51.8. The summed E-state index contributed by atoms with van der Waals surface area (Å²) >= 11 is 0. The Hall–Kier alpha value is -1.59. The Bertz CT molecular complexity index is 993. The molecule has 6 heteroatoms. The molecule has 386 valence electrons. The molecule has 0 saturated heterocycles. The minimum Gasteiger partial charge on any atom is -0.462 e. The van der Waals surface area contributed by atoms with Crippen LogP contribution < -0.4 is 0 Å². The zero-order valence-corrected chi connectivity index (χ0v) is 44.6. The molecule has 0 aliphatic rings. The van der Waals surface area contributed by atoms with Crippen molar-refractivity contribution in [1.29, 1.82) is 0 Å². The highest BCUT2D eigenvalue weighted by Gasteiger charge is 2.19. The highest BCUT2D eigenvalue weighted by Crippen LogP contribution is 2.18. The molecule has 0 bridgehead atoms. The number of ether oxygens (including phenoxy) is 3. The largest absolute Gasteiger partial charge is 0.462 e. The maximum Gasteiger partial charge on any atom is 0.306 e. The smallest absolute Gasteiger partial charge is 0.306 e. The van der Waals surface area contributed by atoms with Gasteiger partial charge in [0.1, 0.15) is 13.2 Å². The molecule has 0 unspecified atom stereocenters. The predicted molar refractivity (Wildman–Crippen MR) is 280 cm³/mol. The Morgan fingerprint density at radius 3 is 0.754 bits per heavy atom. The van der Waals surface area contributed by atoms with Crippen LogP contribution in [0.3, 0.4) is 0 Å². The quantitative estimate of drug-likeness (QED) is 0.0344. The Labute approximate surface area is 406 Å². The van der Waals surface area contributed by atoms with Gasteiger partial charge in [0.2, 0.25) is 0 Å². The average Bonchev–Trinajstić information content (AvgIpc) is 3.28. The number of hydrogen-bond acceptors (Lipinski definition) is 6. The summed E-state index contributed by atoms with van der Waals surface area (Å²) in [6.45, 7) is 11.4. The zero-order valence-electron chi connectivity index (χ0n) is 44.6. The van der Waals surface area contributed by atoms with E-state index in [1.165, 1.54) is 218 Å². The minimum absolute atomic E-state index is 0.0628. The van der Waals surface area contributed by atoms with E-state index in [1.54, 1.807) is 0 Å². The molecule has 65 heavy (non-hydrogen) atoms. The summed E-state index contributed by atoms with van der Waals surface area (Å²) in [6.07, 6.45) is 55.3. The van der Waals surface area contributed by atoms with Gasteiger partial charge >= 0.3 is 17.9 Å². The van der Waals surface area contributed by atoms with Gasteiger partial charge in [-0.15, -0.1) is 0 Å². The van der Waals surface area contributed by atoms with Crippen LogP contribution in [0, 0.1) is 11.8 Å². The van der Waals surface area contributed by atoms with Crippen LogP contribution in [0.25, 0.3) is 0 Å². The number of unbranched alkanes of at least 4 members (excludes halogenated alkanes) is 38. The van der Waals surface area contributed by atoms with Gasteiger partial charge in [-0.2, -0.15) is 0 Å². The van der Waals surface area contributed by atoms with Crippen molar-refractivity contribution in [3.05, 3.63) is 0 Å². The topological polar surface area (TPSA) is 78.9 Å². The van der Waals surface area contributed by atoms with Crippen LogP contribution in [0.5, 0.6) is 0 Å². The Balaban J connectivity index is 4.27. The van der Waals surface area contributed by atoms with E-state index in [0.717, 1.165) is 69.6 Å². The summed E-state index contributed by atoms with van der Waals surface area (Å²) in [7, 11) is 0. The van der Waals surface area contributed by atoms with Crippen molar-refractivity contribution in [1.82, 2.24) is 0 Å². The second-order valence-electron chi connectivity index (χ2n) is 21.2. The van der Waals surface area contributed by atoms with Gasteiger partial charge in [-0.1, -0.05) is 291 Å². The second-order valence-corrected chi connectivity index (χ2v) is 21.2. The molecular weight excluding hydrogens is 805 g/mol. The summed E-state index contributed by atoms with van der Waals surface area (Å²) in [6, 6.07) is 0. The predicted octanol–water partition coefficient (Wildman–Crippen LogP) is 19.3. The van der Waals surface area contributed by atoms with Gasteiger partial charge < -0.3 is 14.2 Å². The molecule has 0 aliphatic heterocycles. The molecular formula is C59H114O6. The van der Waals surface area contributed by atoms with E-state index in [-0.39, 0.29) is 31.1 Å². The van der Waals surface area contributed by atoms with Crippen molar-refractivity contribution in [3.63, 3.8) is 0 Å². The van der Waals surface area contributed by atoms with Crippen molar-refractivity contribution in [2.45, 2.75) is 336 Å². The molecule has 0 aliphatic carbocycles. The first-order valence-electron chi connectivity index (χ1n) is 29.2. The fraction of sp³-hybridized carbons (Fsp3) is 0.949. The lowest BCUT2D eigenvalue weighted by molar-refractivity contribution is -0.167. The maximum atomic E-state index is 12.9. The van der Waals surface area contributed by atoms with Crippen molar-refractivity contribution in [3.8, 4) is 0 Å². The van der Waals surface area contributed by atoms with E-state index in [4.69, 9.17) is 14.2 Å². The molecule has 0 spiro atoms. The first kappa shape index (κ1) is 63.4. The molecule has 0 saturated carbocycles. The Morgan fingerprint density at radius 2 is 0.508 bits per heavy atom. The van der Waals surface area contributed by atoms with Crippen molar-refractivity contribution >= 4 is 17.9 Å². The highest BCUT2D eigenvalue weighted by atomic mass is 16.6. The van der Waals surface area contributed by atoms with Gasteiger partial charge in [0.15, 0.2) is 6.10 Å². The van der Waals surface area contributed by atoms with Crippen LogP contribution in [0.15, 0.2) is 0 Å². The molecule has 0 heterocycles. The zero-order chi connectivity index (χ0) is 47.5. The van der Waals surface area contributed by atoms with Crippen LogP contribution in [0.4, 0.5) is 0 Å². The fourth-order valence-electron chi connectivity index (χ4n) is 9.05. The lowest BCUT2D eigenvalue weighted by Gasteiger charge is -2.18. The standard InChI is InChI=1S/C59H114O6/c1-6-7-8-9-10-11-12-13-14-15-18-22-25-30-36-41-46-51-59(62)65-56(53-64-58(61)50-45-40-35-31-26-28-33-38-43-48-55(4)5)52-63-57(60)49-44-39-34-29-24-21-19-16-17-20-23-27-32-37-42-47-54(2)3/h54-56H,6-53H2,1-5H3/t56-/m1/s1. The summed E-state index contributed by atoms with van der Waals surface area (Å²) < 4.78 is 16.9. The van der Waals surface area contributed by atoms with E-state index in [2.05, 4.69) is 34.6 Å². The van der Waals surface area contributed by atoms with Crippen LogP contribution in [0.1, 0.15) is 330 Å². The van der Waals surface area contributed by atoms with E-state index in [9.17, 15) is 14.4 Å². The first-order chi connectivity index (χ1) is 31.7. The Morgan fingerprint density at radius 1 is 0.292 bits per heavy atom. The molecule has 0 N–H and O–H groups in total. The summed E-state index contributed by atoms with van der Waals surface area (Å²) in [4.78, 5) is 38.1. The van der Waals surface area contributed by atoms with Gasteiger partial charge in [0.25, 0.3) is 0 Å². The third kappa shape index (κ3) is 53.2. The fourth-order valence-corrected chi connectivity index (χ4v) is 9.05. The summed E-state index contributed by atoms with van der Waals surface area (Å²) in [5.41, 5.74) is 0. The minimum atomic E-state index is -0.763. The van der Waals surface area contributed by atoms with Crippen LogP contribution in [0.2, 0.25) is 0 Å². The Kier molecular flexibility index (Phi) is 50.5. The number of hydrogen-bond donors (Lipinski definition) is 0. The first-order valence-corrected chi connectivity index (χ1v) is 29.2. The van der Waals surface area contributed by atoms with E-state index in [1.807, 2.05) is 0 Å². The van der Waals surface area contributed by atoms with Crippen LogP contribution >= 0.6 is 0 Å². The van der Waals surface area contributed by atoms with Gasteiger partial charge in [0, 0.05) is 19.3 Å². The molecule has 0 fully saturated rings. The number of carbonyl (C=O) groups excluding carboxylic acids is 3. The molecule has 1 atom stereocenters. The number of carbonyl (C=O) groups is 3. The lowest BCUT2D eigenvalue weighted by atomic mass is 10.0. The number of esters is 3. The van der Waals surface area contributed by atoms with Crippen molar-refractivity contribution in [2.75, 3.05) is 13.2 Å². The maximum absolute atomic E-state index is 12.9. The van der Waals surface area contributed by atoms with Gasteiger partial charge in [0.05, 0.1) is 0 Å². The third-order valence-corrected chi connectivity index (χ3v) is 13.5. The van der Waals surface area contributed by atoms with E-state index in [0.29, 0.717) is 19.3 Å². The molecule has 6 nitrogen and oxygen atoms in total. The molecule has 0 aromatic rings. The van der Waals surface area contributed by atoms with Gasteiger partial charge in [-0.25, -0.2) is 0 Å². The third-order valence-electron chi connectivity index (χ3n) is 13.5. The molecule has 0 amide bonds. The van der Waals surface area contributed by atoms with Crippen molar-refractivity contribution in [2.24, 2.45) is 11.8 Å². The highest BCUT2D eigenvalue weighted by molar-refractivity contribution is 5.71. The van der Waals surface area contributed by atoms with Crippen LogP contribution in [-0.4, -0.2) is 37.2 Å². The molecule has 0 aromatic carbocycles. The van der Waals surface area contributed by atoms with Gasteiger partial charge in [-0.3, -0.25) is 14.4 Å². The van der Waals surface area contributed by atoms with Gasteiger partial charge in [-0.05, 0) is 31.1 Å². The summed E-state index contributed by atoms with van der Waals surface area (Å²) in [5.74, 6) is 0.818. The summed E-state index contributed by atoms with van der Waals surface area (Å²) in [5, 5.41) is 0. The van der Waals surface area contributed by atoms with Crippen LogP contribution in [-0.2, 0) is 28.6 Å². The van der Waals surface area contributed by atoms with Crippen molar-refractivity contribution < 1.29 is 28.6 Å². The molecule has 0 rings (SSSR count). The SMILES string of the molecule is CCCCCCCCCCCCCCCCCCCC(=O)O[C@H](COC(=O)CCCCCCCCCCCCCCCCCC(C)C)COC(=O)CCCCCCCCCCCC(C)C. The molecule has 0 aromatic heterocycles. The molecule has 0 radical (unpaired) electrons. The lowest BCUT2D eigenvalue weighted by Crippen LogP contribution is -2.30. The number of rotatable bonds is 53. The average molecular weight is 920 g/mol. The normalized spacial score (nSPS) is 12.0. The van der Waals surface area contributed by atoms with E-state index >= 15 is 0 Å². The van der Waals surface area contributed by atoms with E-state index < -0.39 is 6.10 Å².